The summed E-state index contributed by atoms with van der Waals surface area (Å²) in [5.41, 5.74) is -0.278. The summed E-state index contributed by atoms with van der Waals surface area (Å²) in [5, 5.41) is 0. The van der Waals surface area contributed by atoms with Gasteiger partial charge in [0.15, 0.2) is 0 Å². The number of fused-ring (bicyclic) bond motifs is 2. The minimum Gasteiger partial charge on any atom is -0.443 e. The predicted octanol–water partition coefficient (Wildman–Crippen LogP) is 2.65. The number of nitrogens with zero attached hydrogens (tertiary/aromatic N) is 2. The molecule has 1 aliphatic heterocycles. The maximum absolute atomic E-state index is 12.8. The largest absolute Gasteiger partial charge is 0.443 e. The molecule has 2 aliphatic rings. The van der Waals surface area contributed by atoms with Crippen LogP contribution in [0.5, 0.6) is 0 Å². The topological polar surface area (TPSA) is 59.5 Å². The zero-order valence-corrected chi connectivity index (χ0v) is 12.6. The lowest BCUT2D eigenvalue weighted by Gasteiger charge is -2.32. The van der Waals surface area contributed by atoms with Crippen LogP contribution in [0.15, 0.2) is 24.5 Å². The molecule has 112 valence electrons. The van der Waals surface area contributed by atoms with Gasteiger partial charge in [0, 0.05) is 18.4 Å². The number of rotatable bonds is 1. The lowest BCUT2D eigenvalue weighted by atomic mass is 9.80. The third-order valence-electron chi connectivity index (χ3n) is 4.29. The fourth-order valence-electron chi connectivity index (χ4n) is 3.40. The molecule has 1 aromatic rings. The summed E-state index contributed by atoms with van der Waals surface area (Å²) in [6.45, 7) is 5.42. The molecule has 1 saturated carbocycles. The molecule has 1 saturated heterocycles. The summed E-state index contributed by atoms with van der Waals surface area (Å²) in [5.74, 6) is -0.138. The Balaban J connectivity index is 1.89. The lowest BCUT2D eigenvalue weighted by Crippen LogP contribution is -2.48. The Morgan fingerprint density at radius 1 is 1.48 bits per heavy atom. The quantitative estimate of drug-likeness (QED) is 0.797. The van der Waals surface area contributed by atoms with E-state index < -0.39 is 17.1 Å². The van der Waals surface area contributed by atoms with Gasteiger partial charge in [-0.05, 0) is 51.7 Å². The van der Waals surface area contributed by atoms with E-state index in [0.29, 0.717) is 6.42 Å². The van der Waals surface area contributed by atoms with Gasteiger partial charge in [0.1, 0.15) is 5.60 Å². The Labute approximate surface area is 124 Å². The molecule has 21 heavy (non-hydrogen) atoms. The number of imide groups is 1. The Morgan fingerprint density at radius 3 is 2.86 bits per heavy atom. The highest BCUT2D eigenvalue weighted by atomic mass is 16.6. The first kappa shape index (κ1) is 14.0. The van der Waals surface area contributed by atoms with Gasteiger partial charge in [0.2, 0.25) is 5.91 Å². The van der Waals surface area contributed by atoms with Crippen LogP contribution in [0.3, 0.4) is 0 Å². The van der Waals surface area contributed by atoms with Crippen molar-refractivity contribution in [2.75, 3.05) is 0 Å². The highest BCUT2D eigenvalue weighted by Crippen LogP contribution is 2.50. The molecule has 5 nitrogen and oxygen atoms in total. The molecule has 0 aromatic carbocycles. The van der Waals surface area contributed by atoms with Crippen LogP contribution in [0.4, 0.5) is 4.79 Å². The molecule has 0 radical (unpaired) electrons. The molecule has 5 heteroatoms. The van der Waals surface area contributed by atoms with Gasteiger partial charge < -0.3 is 4.74 Å². The zero-order chi connectivity index (χ0) is 15.3. The van der Waals surface area contributed by atoms with E-state index in [1.54, 1.807) is 33.2 Å². The number of aromatic nitrogens is 1. The highest BCUT2D eigenvalue weighted by molar-refractivity contribution is 6.02. The average Bonchev–Trinajstić information content (AvgIpc) is 2.95. The van der Waals surface area contributed by atoms with Gasteiger partial charge in [-0.15, -0.1) is 0 Å². The van der Waals surface area contributed by atoms with Gasteiger partial charge in [0.05, 0.1) is 5.41 Å². The van der Waals surface area contributed by atoms with E-state index in [0.717, 1.165) is 18.4 Å². The first-order chi connectivity index (χ1) is 9.83. The SMILES string of the molecule is CC(C)(C)OC(=O)N1C(=O)C2(c3cccnc3)CCC1C2. The van der Waals surface area contributed by atoms with E-state index in [1.165, 1.54) is 4.90 Å². The van der Waals surface area contributed by atoms with Crippen molar-refractivity contribution in [1.82, 2.24) is 9.88 Å². The molecule has 0 spiro atoms. The summed E-state index contributed by atoms with van der Waals surface area (Å²) < 4.78 is 5.38. The maximum atomic E-state index is 12.8. The molecular weight excluding hydrogens is 268 g/mol. The number of pyridine rings is 1. The van der Waals surface area contributed by atoms with Crippen LogP contribution in [-0.2, 0) is 14.9 Å². The van der Waals surface area contributed by atoms with Crippen molar-refractivity contribution in [2.24, 2.45) is 0 Å². The molecule has 2 atom stereocenters. The van der Waals surface area contributed by atoms with Gasteiger partial charge in [-0.3, -0.25) is 9.78 Å². The van der Waals surface area contributed by atoms with Crippen molar-refractivity contribution in [3.63, 3.8) is 0 Å². The first-order valence-electron chi connectivity index (χ1n) is 7.31. The van der Waals surface area contributed by atoms with Crippen LogP contribution in [0.1, 0.15) is 45.6 Å². The second-order valence-corrected chi connectivity index (χ2v) is 6.88. The van der Waals surface area contributed by atoms with E-state index in [4.69, 9.17) is 4.74 Å². The molecule has 2 amide bonds. The molecule has 2 unspecified atom stereocenters. The van der Waals surface area contributed by atoms with Gasteiger partial charge in [-0.1, -0.05) is 6.07 Å². The molecular formula is C16H20N2O3. The van der Waals surface area contributed by atoms with Crippen LogP contribution in [0, 0.1) is 0 Å². The minimum absolute atomic E-state index is 0.0486. The Morgan fingerprint density at radius 2 is 2.24 bits per heavy atom. The number of likely N-dealkylation sites (tertiary alicyclic amines) is 1. The highest BCUT2D eigenvalue weighted by Gasteiger charge is 2.60. The van der Waals surface area contributed by atoms with Crippen molar-refractivity contribution < 1.29 is 14.3 Å². The smallest absolute Gasteiger partial charge is 0.417 e. The van der Waals surface area contributed by atoms with E-state index in [9.17, 15) is 9.59 Å². The number of hydrogen-bond donors (Lipinski definition) is 0. The number of piperidine rings is 1. The molecule has 2 heterocycles. The molecule has 1 aromatic heterocycles. The lowest BCUT2D eigenvalue weighted by molar-refractivity contribution is -0.134. The third kappa shape index (κ3) is 2.20. The zero-order valence-electron chi connectivity index (χ0n) is 12.6. The fraction of sp³-hybridized carbons (Fsp3) is 0.562. The van der Waals surface area contributed by atoms with Crippen LogP contribution in [-0.4, -0.2) is 33.5 Å². The maximum Gasteiger partial charge on any atom is 0.417 e. The molecule has 1 aliphatic carbocycles. The summed E-state index contributed by atoms with van der Waals surface area (Å²) in [4.78, 5) is 30.6. The Kier molecular flexibility index (Phi) is 3.04. The predicted molar refractivity (Wildman–Crippen MR) is 76.6 cm³/mol. The molecule has 3 rings (SSSR count). The minimum atomic E-state index is -0.597. The summed E-state index contributed by atoms with van der Waals surface area (Å²) in [6, 6.07) is 3.71. The second kappa shape index (κ2) is 4.55. The van der Waals surface area contributed by atoms with Crippen LogP contribution in [0.2, 0.25) is 0 Å². The average molecular weight is 288 g/mol. The van der Waals surface area contributed by atoms with Gasteiger partial charge in [-0.25, -0.2) is 9.69 Å². The van der Waals surface area contributed by atoms with Crippen molar-refractivity contribution in [3.8, 4) is 0 Å². The second-order valence-electron chi connectivity index (χ2n) is 6.88. The monoisotopic (exact) mass is 288 g/mol. The summed E-state index contributed by atoms with van der Waals surface area (Å²) in [7, 11) is 0. The van der Waals surface area contributed by atoms with E-state index in [2.05, 4.69) is 4.98 Å². The van der Waals surface area contributed by atoms with Crippen LogP contribution in [0.25, 0.3) is 0 Å². The summed E-state index contributed by atoms with van der Waals surface area (Å²) in [6.07, 6.45) is 5.19. The number of carbonyl (C=O) groups excluding carboxylic acids is 2. The van der Waals surface area contributed by atoms with E-state index in [-0.39, 0.29) is 11.9 Å². The van der Waals surface area contributed by atoms with E-state index in [1.807, 2.05) is 12.1 Å². The third-order valence-corrected chi connectivity index (χ3v) is 4.29. The van der Waals surface area contributed by atoms with E-state index >= 15 is 0 Å². The standard InChI is InChI=1S/C16H20N2O3/c1-15(2,3)21-14(20)18-12-6-7-16(9-12,13(18)19)11-5-4-8-17-10-11/h4-5,8,10,12H,6-7,9H2,1-3H3. The summed E-state index contributed by atoms with van der Waals surface area (Å²) >= 11 is 0. The Bertz CT molecular complexity index is 579. The van der Waals surface area contributed by atoms with Crippen molar-refractivity contribution >= 4 is 12.0 Å². The van der Waals surface area contributed by atoms with Crippen LogP contribution < -0.4 is 0 Å². The number of carbonyl (C=O) groups is 2. The van der Waals surface area contributed by atoms with Crippen molar-refractivity contribution in [2.45, 2.75) is 57.1 Å². The normalized spacial score (nSPS) is 28.0. The first-order valence-corrected chi connectivity index (χ1v) is 7.31. The molecule has 2 bridgehead atoms. The van der Waals surface area contributed by atoms with Gasteiger partial charge in [0.25, 0.3) is 0 Å². The van der Waals surface area contributed by atoms with Gasteiger partial charge >= 0.3 is 6.09 Å². The van der Waals surface area contributed by atoms with Gasteiger partial charge in [-0.2, -0.15) is 0 Å². The Hall–Kier alpha value is -1.91. The number of amides is 2. The van der Waals surface area contributed by atoms with Crippen molar-refractivity contribution in [3.05, 3.63) is 30.1 Å². The van der Waals surface area contributed by atoms with Crippen molar-refractivity contribution in [1.29, 1.82) is 0 Å². The number of hydrogen-bond acceptors (Lipinski definition) is 4. The molecule has 0 N–H and O–H groups in total. The fourth-order valence-corrected chi connectivity index (χ4v) is 3.40. The molecule has 2 fully saturated rings. The van der Waals surface area contributed by atoms with Crippen LogP contribution >= 0.6 is 0 Å². The number of ether oxygens (including phenoxy) is 1.